The molecule has 0 amide bonds. The van der Waals surface area contributed by atoms with Crippen LogP contribution in [0.25, 0.3) is 0 Å². The van der Waals surface area contributed by atoms with Crippen molar-refractivity contribution >= 4 is 0 Å². The predicted molar refractivity (Wildman–Crippen MR) is 53.4 cm³/mol. The quantitative estimate of drug-likeness (QED) is 0.252. The third kappa shape index (κ3) is 4.71. The molecule has 0 saturated heterocycles. The Morgan fingerprint density at radius 2 is 1.50 bits per heavy atom. The van der Waals surface area contributed by atoms with Crippen LogP contribution < -0.4 is 0 Å². The van der Waals surface area contributed by atoms with Gasteiger partial charge in [0.1, 0.15) is 24.4 Å². The van der Waals surface area contributed by atoms with Crippen molar-refractivity contribution in [2.75, 3.05) is 13.2 Å². The Labute approximate surface area is 93.5 Å². The lowest BCUT2D eigenvalue weighted by atomic mass is 10.0. The average molecular weight is 240 g/mol. The SMILES string of the molecule is CCCOC(O)[C@H](O)[C@H](O)[C@H](O)[C@@H](O)CO. The molecule has 0 spiro atoms. The second-order valence-corrected chi connectivity index (χ2v) is 3.48. The zero-order valence-electron chi connectivity index (χ0n) is 9.10. The molecule has 0 rings (SSSR count). The fourth-order valence-electron chi connectivity index (χ4n) is 1.04. The highest BCUT2D eigenvalue weighted by Gasteiger charge is 2.34. The first-order valence-corrected chi connectivity index (χ1v) is 5.08. The van der Waals surface area contributed by atoms with Crippen LogP contribution in [0.4, 0.5) is 0 Å². The maximum atomic E-state index is 9.35. The minimum absolute atomic E-state index is 0.184. The standard InChI is InChI=1S/C9H20O7/c1-2-3-16-9(15)8(14)7(13)6(12)5(11)4-10/h5-15H,2-4H2,1H3/t5-,6+,7+,8+,9?/m0/s1. The molecule has 6 N–H and O–H groups in total. The molecule has 1 unspecified atom stereocenters. The van der Waals surface area contributed by atoms with E-state index in [0.717, 1.165) is 0 Å². The van der Waals surface area contributed by atoms with E-state index in [0.29, 0.717) is 6.42 Å². The molecule has 0 aliphatic rings. The van der Waals surface area contributed by atoms with Crippen LogP contribution in [0.2, 0.25) is 0 Å². The molecule has 5 atom stereocenters. The Morgan fingerprint density at radius 3 is 1.94 bits per heavy atom. The average Bonchev–Trinajstić information content (AvgIpc) is 2.31. The summed E-state index contributed by atoms with van der Waals surface area (Å²) in [4.78, 5) is 0. The summed E-state index contributed by atoms with van der Waals surface area (Å²) in [5, 5.41) is 54.7. The molecule has 0 aliphatic carbocycles. The van der Waals surface area contributed by atoms with E-state index in [1.54, 1.807) is 6.92 Å². The molecule has 7 nitrogen and oxygen atoms in total. The smallest absolute Gasteiger partial charge is 0.183 e. The van der Waals surface area contributed by atoms with Gasteiger partial charge in [-0.25, -0.2) is 0 Å². The van der Waals surface area contributed by atoms with Gasteiger partial charge in [0.15, 0.2) is 6.29 Å². The first kappa shape index (κ1) is 15.7. The van der Waals surface area contributed by atoms with E-state index in [-0.39, 0.29) is 6.61 Å². The van der Waals surface area contributed by atoms with E-state index in [1.807, 2.05) is 0 Å². The fourth-order valence-corrected chi connectivity index (χ4v) is 1.04. The Hall–Kier alpha value is -0.280. The van der Waals surface area contributed by atoms with Gasteiger partial charge in [-0.15, -0.1) is 0 Å². The zero-order valence-corrected chi connectivity index (χ0v) is 9.10. The van der Waals surface area contributed by atoms with Gasteiger partial charge in [-0.2, -0.15) is 0 Å². The maximum Gasteiger partial charge on any atom is 0.183 e. The van der Waals surface area contributed by atoms with Crippen LogP contribution >= 0.6 is 0 Å². The molecule has 0 heterocycles. The van der Waals surface area contributed by atoms with Crippen molar-refractivity contribution in [3.05, 3.63) is 0 Å². The lowest BCUT2D eigenvalue weighted by Crippen LogP contribution is -2.50. The second-order valence-electron chi connectivity index (χ2n) is 3.48. The number of hydrogen-bond acceptors (Lipinski definition) is 7. The van der Waals surface area contributed by atoms with E-state index in [2.05, 4.69) is 0 Å². The zero-order chi connectivity index (χ0) is 12.7. The molecular weight excluding hydrogens is 220 g/mol. The summed E-state index contributed by atoms with van der Waals surface area (Å²) in [5.74, 6) is 0. The van der Waals surface area contributed by atoms with E-state index in [1.165, 1.54) is 0 Å². The Kier molecular flexibility index (Phi) is 7.77. The summed E-state index contributed by atoms with van der Waals surface area (Å²) in [6.07, 6.45) is -7.98. The lowest BCUT2D eigenvalue weighted by Gasteiger charge is -2.28. The number of rotatable bonds is 8. The molecule has 0 saturated carbocycles. The van der Waals surface area contributed by atoms with Crippen molar-refractivity contribution in [3.8, 4) is 0 Å². The number of hydrogen-bond donors (Lipinski definition) is 6. The van der Waals surface area contributed by atoms with Gasteiger partial charge in [-0.05, 0) is 6.42 Å². The van der Waals surface area contributed by atoms with Crippen LogP contribution in [0.3, 0.4) is 0 Å². The Bertz CT molecular complexity index is 177. The van der Waals surface area contributed by atoms with Crippen LogP contribution in [0.5, 0.6) is 0 Å². The van der Waals surface area contributed by atoms with Gasteiger partial charge >= 0.3 is 0 Å². The van der Waals surface area contributed by atoms with Crippen LogP contribution in [0, 0.1) is 0 Å². The van der Waals surface area contributed by atoms with Crippen LogP contribution in [0.15, 0.2) is 0 Å². The lowest BCUT2D eigenvalue weighted by molar-refractivity contribution is -0.211. The maximum absolute atomic E-state index is 9.35. The Balaban J connectivity index is 4.19. The number of ether oxygens (including phenoxy) is 1. The number of aliphatic hydroxyl groups is 6. The second kappa shape index (κ2) is 7.91. The van der Waals surface area contributed by atoms with Crippen LogP contribution in [0.1, 0.15) is 13.3 Å². The van der Waals surface area contributed by atoms with E-state index < -0.39 is 37.3 Å². The molecule has 0 aromatic heterocycles. The highest BCUT2D eigenvalue weighted by atomic mass is 16.6. The minimum atomic E-state index is -1.81. The van der Waals surface area contributed by atoms with Gasteiger partial charge in [0.2, 0.25) is 0 Å². The molecule has 0 aliphatic heterocycles. The molecular formula is C9H20O7. The van der Waals surface area contributed by atoms with E-state index >= 15 is 0 Å². The molecule has 0 fully saturated rings. The van der Waals surface area contributed by atoms with E-state index in [9.17, 15) is 20.4 Å². The molecule has 7 heteroatoms. The summed E-state index contributed by atoms with van der Waals surface area (Å²) >= 11 is 0. The third-order valence-corrected chi connectivity index (χ3v) is 2.07. The van der Waals surface area contributed by atoms with Gasteiger partial charge < -0.3 is 35.4 Å². The Morgan fingerprint density at radius 1 is 0.938 bits per heavy atom. The summed E-state index contributed by atoms with van der Waals surface area (Å²) in [6, 6.07) is 0. The van der Waals surface area contributed by atoms with Crippen LogP contribution in [-0.4, -0.2) is 74.6 Å². The molecule has 0 aromatic carbocycles. The minimum Gasteiger partial charge on any atom is -0.394 e. The summed E-state index contributed by atoms with van der Waals surface area (Å²) in [6.45, 7) is 1.21. The summed E-state index contributed by atoms with van der Waals surface area (Å²) in [5.41, 5.74) is 0. The summed E-state index contributed by atoms with van der Waals surface area (Å²) in [7, 11) is 0. The predicted octanol–water partition coefficient (Wildman–Crippen LogP) is -2.83. The normalized spacial score (nSPS) is 21.2. The highest BCUT2D eigenvalue weighted by molar-refractivity contribution is 4.81. The molecule has 0 radical (unpaired) electrons. The van der Waals surface area contributed by atoms with Crippen molar-refractivity contribution in [3.63, 3.8) is 0 Å². The van der Waals surface area contributed by atoms with Gasteiger partial charge in [-0.1, -0.05) is 6.92 Å². The van der Waals surface area contributed by atoms with Gasteiger partial charge in [0.05, 0.1) is 6.61 Å². The van der Waals surface area contributed by atoms with Crippen molar-refractivity contribution in [1.29, 1.82) is 0 Å². The van der Waals surface area contributed by atoms with Gasteiger partial charge in [0, 0.05) is 6.61 Å². The summed E-state index contributed by atoms with van der Waals surface area (Å²) < 4.78 is 4.73. The first-order valence-electron chi connectivity index (χ1n) is 5.08. The molecule has 0 bridgehead atoms. The van der Waals surface area contributed by atoms with Crippen molar-refractivity contribution in [2.24, 2.45) is 0 Å². The van der Waals surface area contributed by atoms with Crippen LogP contribution in [-0.2, 0) is 4.74 Å². The largest absolute Gasteiger partial charge is 0.394 e. The van der Waals surface area contributed by atoms with Crippen molar-refractivity contribution in [1.82, 2.24) is 0 Å². The molecule has 16 heavy (non-hydrogen) atoms. The third-order valence-electron chi connectivity index (χ3n) is 2.07. The fraction of sp³-hybridized carbons (Fsp3) is 1.00. The number of aliphatic hydroxyl groups excluding tert-OH is 6. The monoisotopic (exact) mass is 240 g/mol. The van der Waals surface area contributed by atoms with Crippen molar-refractivity contribution < 1.29 is 35.4 Å². The highest BCUT2D eigenvalue weighted by Crippen LogP contribution is 2.09. The van der Waals surface area contributed by atoms with Gasteiger partial charge in [0.25, 0.3) is 0 Å². The van der Waals surface area contributed by atoms with E-state index in [4.69, 9.17) is 14.9 Å². The first-order chi connectivity index (χ1) is 7.45. The molecule has 98 valence electrons. The topological polar surface area (TPSA) is 131 Å². The van der Waals surface area contributed by atoms with Crippen molar-refractivity contribution in [2.45, 2.75) is 44.1 Å². The molecule has 0 aromatic rings. The van der Waals surface area contributed by atoms with Gasteiger partial charge in [-0.3, -0.25) is 0 Å².